The van der Waals surface area contributed by atoms with Crippen molar-refractivity contribution in [2.24, 2.45) is 5.92 Å². The first-order valence-corrected chi connectivity index (χ1v) is 11.8. The molecule has 3 aromatic rings. The van der Waals surface area contributed by atoms with Crippen molar-refractivity contribution in [1.29, 1.82) is 0 Å². The second-order valence-corrected chi connectivity index (χ2v) is 9.69. The molecule has 0 aliphatic carbocycles. The molecule has 6 heteroatoms. The largest absolute Gasteiger partial charge is 0.352 e. The summed E-state index contributed by atoms with van der Waals surface area (Å²) in [6, 6.07) is 21.3. The fourth-order valence-electron chi connectivity index (χ4n) is 3.05. The summed E-state index contributed by atoms with van der Waals surface area (Å²) >= 11 is 0. The summed E-state index contributed by atoms with van der Waals surface area (Å²) in [5.74, 6) is 0.352. The summed E-state index contributed by atoms with van der Waals surface area (Å²) in [6.07, 6.45) is 0.909. The van der Waals surface area contributed by atoms with Crippen molar-refractivity contribution in [1.82, 2.24) is 5.32 Å². The van der Waals surface area contributed by atoms with Crippen LogP contribution in [0.2, 0.25) is 0 Å². The summed E-state index contributed by atoms with van der Waals surface area (Å²) in [5, 5.41) is 2.87. The molecule has 0 radical (unpaired) electrons. The van der Waals surface area contributed by atoms with Gasteiger partial charge in [0.05, 0.1) is 4.90 Å². The Morgan fingerprint density at radius 1 is 0.839 bits per heavy atom. The van der Waals surface area contributed by atoms with Crippen LogP contribution in [0.25, 0.3) is 11.1 Å². The second kappa shape index (κ2) is 9.79. The average Bonchev–Trinajstić information content (AvgIpc) is 2.74. The van der Waals surface area contributed by atoms with Gasteiger partial charge in [0, 0.05) is 17.8 Å². The quantitative estimate of drug-likeness (QED) is 0.507. The zero-order valence-corrected chi connectivity index (χ0v) is 18.9. The van der Waals surface area contributed by atoms with Crippen LogP contribution < -0.4 is 10.0 Å². The molecule has 162 valence electrons. The maximum absolute atomic E-state index is 12.7. The number of benzene rings is 3. The van der Waals surface area contributed by atoms with Crippen molar-refractivity contribution in [3.8, 4) is 11.1 Å². The second-order valence-electron chi connectivity index (χ2n) is 8.01. The first kappa shape index (κ1) is 22.6. The van der Waals surface area contributed by atoms with Gasteiger partial charge in [-0.1, -0.05) is 55.8 Å². The van der Waals surface area contributed by atoms with Gasteiger partial charge >= 0.3 is 0 Å². The predicted octanol–water partition coefficient (Wildman–Crippen LogP) is 5.24. The van der Waals surface area contributed by atoms with Gasteiger partial charge in [0.1, 0.15) is 0 Å². The molecular weight excluding hydrogens is 408 g/mol. The number of hydrogen-bond acceptors (Lipinski definition) is 3. The van der Waals surface area contributed by atoms with Crippen molar-refractivity contribution < 1.29 is 13.2 Å². The SMILES string of the molecule is Cc1ccc(-c2ccc(S(=O)(=O)Nc3ccc(C(=O)NCCC(C)C)cc3)cc2)cc1. The summed E-state index contributed by atoms with van der Waals surface area (Å²) < 4.78 is 28.0. The van der Waals surface area contributed by atoms with E-state index in [1.807, 2.05) is 31.2 Å². The molecule has 3 aromatic carbocycles. The number of aryl methyl sites for hydroxylation is 1. The van der Waals surface area contributed by atoms with Crippen LogP contribution in [0.15, 0.2) is 77.7 Å². The normalized spacial score (nSPS) is 11.4. The lowest BCUT2D eigenvalue weighted by Gasteiger charge is -2.10. The maximum atomic E-state index is 12.7. The van der Waals surface area contributed by atoms with E-state index in [0.29, 0.717) is 23.7 Å². The molecule has 0 aliphatic heterocycles. The number of carbonyl (C=O) groups is 1. The Balaban J connectivity index is 1.66. The van der Waals surface area contributed by atoms with Crippen LogP contribution in [0.5, 0.6) is 0 Å². The molecule has 0 fully saturated rings. The number of amides is 1. The summed E-state index contributed by atoms with van der Waals surface area (Å²) in [5.41, 5.74) is 4.05. The lowest BCUT2D eigenvalue weighted by Crippen LogP contribution is -2.25. The van der Waals surface area contributed by atoms with Crippen molar-refractivity contribution in [2.45, 2.75) is 32.1 Å². The first-order valence-electron chi connectivity index (χ1n) is 10.3. The van der Waals surface area contributed by atoms with Crippen LogP contribution in [0.3, 0.4) is 0 Å². The highest BCUT2D eigenvalue weighted by molar-refractivity contribution is 7.92. The minimum absolute atomic E-state index is 0.165. The number of nitrogens with one attached hydrogen (secondary N) is 2. The number of carbonyl (C=O) groups excluding carboxylic acids is 1. The van der Waals surface area contributed by atoms with E-state index in [-0.39, 0.29) is 10.8 Å². The molecular formula is C25H28N2O3S. The topological polar surface area (TPSA) is 75.3 Å². The van der Waals surface area contributed by atoms with Crippen molar-refractivity contribution in [2.75, 3.05) is 11.3 Å². The van der Waals surface area contributed by atoms with Crippen LogP contribution in [0.1, 0.15) is 36.2 Å². The molecule has 2 N–H and O–H groups in total. The van der Waals surface area contributed by atoms with Gasteiger partial charge in [-0.2, -0.15) is 0 Å². The maximum Gasteiger partial charge on any atom is 0.261 e. The third kappa shape index (κ3) is 6.18. The van der Waals surface area contributed by atoms with E-state index in [1.54, 1.807) is 48.5 Å². The highest BCUT2D eigenvalue weighted by Crippen LogP contribution is 2.23. The van der Waals surface area contributed by atoms with E-state index in [1.165, 1.54) is 5.56 Å². The van der Waals surface area contributed by atoms with E-state index in [4.69, 9.17) is 0 Å². The zero-order chi connectivity index (χ0) is 22.4. The molecule has 0 spiro atoms. The van der Waals surface area contributed by atoms with Crippen LogP contribution in [-0.4, -0.2) is 20.9 Å². The Morgan fingerprint density at radius 3 is 1.94 bits per heavy atom. The molecule has 3 rings (SSSR count). The van der Waals surface area contributed by atoms with Crippen molar-refractivity contribution in [3.05, 3.63) is 83.9 Å². The van der Waals surface area contributed by atoms with Gasteiger partial charge in [0.25, 0.3) is 15.9 Å². The van der Waals surface area contributed by atoms with Gasteiger partial charge in [0.15, 0.2) is 0 Å². The first-order chi connectivity index (χ1) is 14.7. The Hall–Kier alpha value is -3.12. The van der Waals surface area contributed by atoms with Crippen molar-refractivity contribution in [3.63, 3.8) is 0 Å². The Kier molecular flexibility index (Phi) is 7.13. The average molecular weight is 437 g/mol. The van der Waals surface area contributed by atoms with E-state index in [9.17, 15) is 13.2 Å². The summed E-state index contributed by atoms with van der Waals surface area (Å²) in [6.45, 7) is 6.84. The minimum Gasteiger partial charge on any atom is -0.352 e. The van der Waals surface area contributed by atoms with E-state index in [0.717, 1.165) is 17.5 Å². The van der Waals surface area contributed by atoms with Gasteiger partial charge in [-0.05, 0) is 66.8 Å². The van der Waals surface area contributed by atoms with Gasteiger partial charge in [-0.3, -0.25) is 9.52 Å². The molecule has 0 atom stereocenters. The minimum atomic E-state index is -3.73. The number of rotatable bonds is 8. The Labute approximate surface area is 184 Å². The molecule has 1 amide bonds. The summed E-state index contributed by atoms with van der Waals surface area (Å²) in [4.78, 5) is 12.3. The molecule has 0 bridgehead atoms. The predicted molar refractivity (Wildman–Crippen MR) is 126 cm³/mol. The van der Waals surface area contributed by atoms with Crippen LogP contribution in [0, 0.1) is 12.8 Å². The van der Waals surface area contributed by atoms with Crippen LogP contribution in [0.4, 0.5) is 5.69 Å². The molecule has 0 saturated carbocycles. The lowest BCUT2D eigenvalue weighted by atomic mass is 10.0. The Morgan fingerprint density at radius 2 is 1.39 bits per heavy atom. The van der Waals surface area contributed by atoms with Crippen LogP contribution in [-0.2, 0) is 10.0 Å². The summed E-state index contributed by atoms with van der Waals surface area (Å²) in [7, 11) is -3.73. The third-order valence-electron chi connectivity index (χ3n) is 4.96. The third-order valence-corrected chi connectivity index (χ3v) is 6.35. The van der Waals surface area contributed by atoms with Gasteiger partial charge in [-0.15, -0.1) is 0 Å². The van der Waals surface area contributed by atoms with Gasteiger partial charge in [0.2, 0.25) is 0 Å². The highest BCUT2D eigenvalue weighted by Gasteiger charge is 2.15. The van der Waals surface area contributed by atoms with Crippen molar-refractivity contribution >= 4 is 21.6 Å². The molecule has 0 unspecified atom stereocenters. The number of hydrogen-bond donors (Lipinski definition) is 2. The zero-order valence-electron chi connectivity index (χ0n) is 18.1. The monoisotopic (exact) mass is 436 g/mol. The van der Waals surface area contributed by atoms with E-state index in [2.05, 4.69) is 23.9 Å². The number of anilines is 1. The molecule has 0 aliphatic rings. The molecule has 5 nitrogen and oxygen atoms in total. The van der Waals surface area contributed by atoms with E-state index < -0.39 is 10.0 Å². The molecule has 31 heavy (non-hydrogen) atoms. The standard InChI is InChI=1S/C25H28N2O3S/c1-18(2)16-17-26-25(28)22-8-12-23(13-9-22)27-31(29,30)24-14-10-21(11-15-24)20-6-4-19(3)5-7-20/h4-15,18,27H,16-17H2,1-3H3,(H,26,28). The van der Waals surface area contributed by atoms with Crippen LogP contribution >= 0.6 is 0 Å². The molecule has 0 saturated heterocycles. The lowest BCUT2D eigenvalue weighted by molar-refractivity contribution is 0.0952. The highest BCUT2D eigenvalue weighted by atomic mass is 32.2. The number of sulfonamides is 1. The smallest absolute Gasteiger partial charge is 0.261 e. The van der Waals surface area contributed by atoms with E-state index >= 15 is 0 Å². The van der Waals surface area contributed by atoms with Gasteiger partial charge in [-0.25, -0.2) is 8.42 Å². The fraction of sp³-hybridized carbons (Fsp3) is 0.240. The van der Waals surface area contributed by atoms with Gasteiger partial charge < -0.3 is 5.32 Å². The fourth-order valence-corrected chi connectivity index (χ4v) is 4.11. The Bertz CT molecular complexity index is 1120. The molecule has 0 heterocycles. The molecule has 0 aromatic heterocycles.